The smallest absolute Gasteiger partial charge is 0.255 e. The van der Waals surface area contributed by atoms with Crippen molar-refractivity contribution in [2.24, 2.45) is 5.41 Å². The third kappa shape index (κ3) is 3.44. The number of rotatable bonds is 2. The van der Waals surface area contributed by atoms with Crippen LogP contribution in [0, 0.1) is 12.3 Å². The van der Waals surface area contributed by atoms with Gasteiger partial charge in [-0.25, -0.2) is 12.7 Å². The highest BCUT2D eigenvalue weighted by Gasteiger charge is 2.58. The number of aromatic nitrogens is 1. The van der Waals surface area contributed by atoms with Crippen LogP contribution in [0.4, 0.5) is 0 Å². The summed E-state index contributed by atoms with van der Waals surface area (Å²) in [6.07, 6.45) is 5.91. The summed E-state index contributed by atoms with van der Waals surface area (Å²) < 4.78 is 26.4. The molecule has 0 bridgehead atoms. The van der Waals surface area contributed by atoms with Gasteiger partial charge in [-0.2, -0.15) is 0 Å². The van der Waals surface area contributed by atoms with Gasteiger partial charge in [0.2, 0.25) is 15.9 Å². The minimum Gasteiger partial charge on any atom is -0.342 e. The fraction of sp³-hybridized carbons (Fsp3) is 0.650. The first-order valence-electron chi connectivity index (χ1n) is 10.2. The zero-order valence-corrected chi connectivity index (χ0v) is 17.8. The van der Waals surface area contributed by atoms with Crippen LogP contribution in [0.15, 0.2) is 18.5 Å². The summed E-state index contributed by atoms with van der Waals surface area (Å²) in [6.45, 7) is 3.97. The van der Waals surface area contributed by atoms with E-state index in [1.54, 1.807) is 30.4 Å². The Morgan fingerprint density at radius 2 is 1.86 bits per heavy atom. The maximum absolute atomic E-state index is 13.6. The van der Waals surface area contributed by atoms with Gasteiger partial charge in [0, 0.05) is 51.7 Å². The van der Waals surface area contributed by atoms with Crippen molar-refractivity contribution in [3.63, 3.8) is 0 Å². The summed E-state index contributed by atoms with van der Waals surface area (Å²) in [5, 5.41) is 0. The standard InChI is InChI=1S/C20H28N4O4S/c1-15-11-16(13-21-12-15)18(25)24-9-5-17-20(14-24,6-10-29(27,28)22(17)2)19(26)23-7-3-4-8-23/h11-13,17H,3-10,14H2,1-2H3/t17-,20+/m1/s1. The zero-order chi connectivity index (χ0) is 20.8. The van der Waals surface area contributed by atoms with E-state index in [1.165, 1.54) is 4.31 Å². The van der Waals surface area contributed by atoms with Gasteiger partial charge in [0.1, 0.15) is 0 Å². The molecule has 29 heavy (non-hydrogen) atoms. The fourth-order valence-corrected chi connectivity index (χ4v) is 6.69. The first-order valence-corrected chi connectivity index (χ1v) is 11.8. The molecule has 0 aromatic carbocycles. The molecule has 3 aliphatic heterocycles. The molecule has 0 spiro atoms. The summed E-state index contributed by atoms with van der Waals surface area (Å²) in [5.74, 6) is -0.209. The second kappa shape index (κ2) is 7.36. The maximum Gasteiger partial charge on any atom is 0.255 e. The van der Waals surface area contributed by atoms with Crippen molar-refractivity contribution in [2.75, 3.05) is 39.0 Å². The van der Waals surface area contributed by atoms with Gasteiger partial charge in [0.25, 0.3) is 5.91 Å². The predicted octanol–water partition coefficient (Wildman–Crippen LogP) is 0.879. The van der Waals surface area contributed by atoms with Crippen molar-refractivity contribution in [1.82, 2.24) is 19.1 Å². The summed E-state index contributed by atoms with van der Waals surface area (Å²) in [7, 11) is -1.80. The largest absolute Gasteiger partial charge is 0.342 e. The molecule has 0 unspecified atom stereocenters. The average molecular weight is 421 g/mol. The first-order chi connectivity index (χ1) is 13.7. The first kappa shape index (κ1) is 20.3. The lowest BCUT2D eigenvalue weighted by Gasteiger charge is -2.53. The molecule has 2 atom stereocenters. The minimum absolute atomic E-state index is 0.00150. The lowest BCUT2D eigenvalue weighted by atomic mass is 9.71. The van der Waals surface area contributed by atoms with Crippen molar-refractivity contribution in [3.05, 3.63) is 29.6 Å². The Hall–Kier alpha value is -2.00. The maximum atomic E-state index is 13.6. The van der Waals surface area contributed by atoms with Gasteiger partial charge in [-0.1, -0.05) is 0 Å². The number of pyridine rings is 1. The van der Waals surface area contributed by atoms with Crippen molar-refractivity contribution in [2.45, 2.75) is 38.6 Å². The summed E-state index contributed by atoms with van der Waals surface area (Å²) in [5.41, 5.74) is 0.524. The molecule has 3 aliphatic rings. The number of amides is 2. The van der Waals surface area contributed by atoms with Crippen LogP contribution in [0.1, 0.15) is 41.6 Å². The molecule has 0 N–H and O–H groups in total. The number of hydrogen-bond acceptors (Lipinski definition) is 5. The van der Waals surface area contributed by atoms with Crippen molar-refractivity contribution >= 4 is 21.8 Å². The van der Waals surface area contributed by atoms with Crippen LogP contribution in [0.25, 0.3) is 0 Å². The van der Waals surface area contributed by atoms with Crippen molar-refractivity contribution in [3.8, 4) is 0 Å². The molecule has 158 valence electrons. The van der Waals surface area contributed by atoms with E-state index in [0.29, 0.717) is 31.6 Å². The molecule has 1 aromatic rings. The number of sulfonamides is 1. The quantitative estimate of drug-likeness (QED) is 0.708. The molecule has 8 nitrogen and oxygen atoms in total. The van der Waals surface area contributed by atoms with Crippen LogP contribution in [-0.2, 0) is 14.8 Å². The number of likely N-dealkylation sites (tertiary alicyclic amines) is 2. The van der Waals surface area contributed by atoms with Crippen LogP contribution in [0.5, 0.6) is 0 Å². The summed E-state index contributed by atoms with van der Waals surface area (Å²) in [6, 6.07) is 1.39. The molecule has 0 radical (unpaired) electrons. The Labute approximate surface area is 171 Å². The molecule has 2 amide bonds. The van der Waals surface area contributed by atoms with Crippen molar-refractivity contribution < 1.29 is 18.0 Å². The fourth-order valence-electron chi connectivity index (χ4n) is 5.08. The highest BCUT2D eigenvalue weighted by atomic mass is 32.2. The Kier molecular flexibility index (Phi) is 5.14. The van der Waals surface area contributed by atoms with Gasteiger partial charge in [-0.05, 0) is 44.2 Å². The molecular weight excluding hydrogens is 392 g/mol. The molecule has 4 heterocycles. The Bertz CT molecular complexity index is 928. The molecule has 9 heteroatoms. The number of aryl methyl sites for hydroxylation is 1. The van der Waals surface area contributed by atoms with Crippen LogP contribution >= 0.6 is 0 Å². The van der Waals surface area contributed by atoms with E-state index in [9.17, 15) is 18.0 Å². The van der Waals surface area contributed by atoms with Crippen molar-refractivity contribution in [1.29, 1.82) is 0 Å². The second-order valence-corrected chi connectivity index (χ2v) is 10.7. The van der Waals surface area contributed by atoms with E-state index < -0.39 is 21.5 Å². The minimum atomic E-state index is -3.37. The topological polar surface area (TPSA) is 90.9 Å². The average Bonchev–Trinajstić information content (AvgIpc) is 3.24. The zero-order valence-electron chi connectivity index (χ0n) is 17.0. The third-order valence-electron chi connectivity index (χ3n) is 6.70. The van der Waals surface area contributed by atoms with Gasteiger partial charge in [-0.3, -0.25) is 14.6 Å². The molecule has 0 saturated carbocycles. The van der Waals surface area contributed by atoms with Crippen LogP contribution < -0.4 is 0 Å². The van der Waals surface area contributed by atoms with Crippen LogP contribution in [0.3, 0.4) is 0 Å². The molecule has 4 rings (SSSR count). The van der Waals surface area contributed by atoms with E-state index >= 15 is 0 Å². The Morgan fingerprint density at radius 3 is 2.55 bits per heavy atom. The number of nitrogens with zero attached hydrogens (tertiary/aromatic N) is 4. The van der Waals surface area contributed by atoms with Gasteiger partial charge >= 0.3 is 0 Å². The molecular formula is C20H28N4O4S. The highest BCUT2D eigenvalue weighted by molar-refractivity contribution is 7.89. The van der Waals surface area contributed by atoms with Crippen LogP contribution in [-0.4, -0.2) is 84.3 Å². The molecule has 3 fully saturated rings. The lowest BCUT2D eigenvalue weighted by molar-refractivity contribution is -0.148. The Balaban J connectivity index is 1.68. The SMILES string of the molecule is Cc1cncc(C(=O)N2CC[C@H]3N(C)S(=O)(=O)CC[C@]3(C(=O)N3CCCC3)C2)c1. The van der Waals surface area contributed by atoms with E-state index in [2.05, 4.69) is 4.98 Å². The molecule has 3 saturated heterocycles. The molecule has 1 aromatic heterocycles. The molecule has 0 aliphatic carbocycles. The predicted molar refractivity (Wildman–Crippen MR) is 108 cm³/mol. The third-order valence-corrected chi connectivity index (χ3v) is 8.55. The number of carbonyl (C=O) groups is 2. The van der Waals surface area contributed by atoms with E-state index in [4.69, 9.17) is 0 Å². The normalized spacial score (nSPS) is 29.5. The van der Waals surface area contributed by atoms with E-state index in [-0.39, 0.29) is 30.5 Å². The van der Waals surface area contributed by atoms with Gasteiger partial charge in [0.05, 0.1) is 16.7 Å². The van der Waals surface area contributed by atoms with Crippen LogP contribution in [0.2, 0.25) is 0 Å². The monoisotopic (exact) mass is 420 g/mol. The summed E-state index contributed by atoms with van der Waals surface area (Å²) in [4.78, 5) is 34.5. The number of carbonyl (C=O) groups excluding carboxylic acids is 2. The van der Waals surface area contributed by atoms with E-state index in [1.807, 2.05) is 11.8 Å². The number of hydrogen-bond donors (Lipinski definition) is 0. The highest BCUT2D eigenvalue weighted by Crippen LogP contribution is 2.44. The number of fused-ring (bicyclic) bond motifs is 1. The lowest BCUT2D eigenvalue weighted by Crippen LogP contribution is -2.67. The van der Waals surface area contributed by atoms with Gasteiger partial charge in [-0.15, -0.1) is 0 Å². The number of piperidine rings is 1. The Morgan fingerprint density at radius 1 is 1.14 bits per heavy atom. The van der Waals surface area contributed by atoms with Gasteiger partial charge < -0.3 is 9.80 Å². The second-order valence-electron chi connectivity index (χ2n) is 8.52. The van der Waals surface area contributed by atoms with E-state index in [0.717, 1.165) is 18.4 Å². The summed E-state index contributed by atoms with van der Waals surface area (Å²) >= 11 is 0. The van der Waals surface area contributed by atoms with Gasteiger partial charge in [0.15, 0.2) is 0 Å².